The van der Waals surface area contributed by atoms with E-state index < -0.39 is 0 Å². The van der Waals surface area contributed by atoms with Gasteiger partial charge in [0, 0.05) is 35.9 Å². The third kappa shape index (κ3) is 6.01. The summed E-state index contributed by atoms with van der Waals surface area (Å²) >= 11 is 5.80. The van der Waals surface area contributed by atoms with Crippen LogP contribution in [0.15, 0.2) is 33.0 Å². The van der Waals surface area contributed by atoms with Crippen LogP contribution in [0.3, 0.4) is 0 Å². The van der Waals surface area contributed by atoms with E-state index in [9.17, 15) is 19.8 Å². The van der Waals surface area contributed by atoms with Gasteiger partial charge in [-0.2, -0.15) is 0 Å². The summed E-state index contributed by atoms with van der Waals surface area (Å²) in [5.74, 6) is 0.496. The number of phenols is 2. The first-order chi connectivity index (χ1) is 16.7. The zero-order chi connectivity index (χ0) is 25.1. The van der Waals surface area contributed by atoms with Crippen LogP contribution in [0.1, 0.15) is 26.2 Å². The van der Waals surface area contributed by atoms with Gasteiger partial charge in [0.1, 0.15) is 6.33 Å². The van der Waals surface area contributed by atoms with Crippen molar-refractivity contribution in [2.75, 3.05) is 24.6 Å². The van der Waals surface area contributed by atoms with Crippen molar-refractivity contribution in [2.24, 2.45) is 5.92 Å². The Balaban J connectivity index is 1.48. The van der Waals surface area contributed by atoms with Crippen LogP contribution < -0.4 is 5.73 Å². The first-order valence-corrected chi connectivity index (χ1v) is 13.6. The molecule has 3 aromatic rings. The number of fused-ring (bicyclic) bond motifs is 1. The molecule has 0 unspecified atom stereocenters. The fourth-order valence-corrected chi connectivity index (χ4v) is 5.99. The van der Waals surface area contributed by atoms with Crippen molar-refractivity contribution in [3.05, 3.63) is 22.9 Å². The van der Waals surface area contributed by atoms with E-state index in [1.165, 1.54) is 37.1 Å². The van der Waals surface area contributed by atoms with Crippen LogP contribution in [-0.2, 0) is 16.1 Å². The predicted octanol–water partition coefficient (Wildman–Crippen LogP) is 3.64. The highest BCUT2D eigenvalue weighted by molar-refractivity contribution is 9.10. The van der Waals surface area contributed by atoms with E-state index >= 15 is 0 Å². The van der Waals surface area contributed by atoms with Gasteiger partial charge in [-0.25, -0.2) is 15.0 Å². The van der Waals surface area contributed by atoms with Gasteiger partial charge in [-0.05, 0) is 53.2 Å². The van der Waals surface area contributed by atoms with E-state index in [0.717, 1.165) is 31.0 Å². The van der Waals surface area contributed by atoms with Crippen LogP contribution in [0.25, 0.3) is 11.2 Å². The number of carbonyl (C=O) groups is 2. The highest BCUT2D eigenvalue weighted by Gasteiger charge is 2.24. The third-order valence-electron chi connectivity index (χ3n) is 5.88. The molecule has 1 aliphatic heterocycles. The summed E-state index contributed by atoms with van der Waals surface area (Å²) in [6, 6.07) is 2.91. The van der Waals surface area contributed by atoms with E-state index in [4.69, 9.17) is 5.73 Å². The van der Waals surface area contributed by atoms with Crippen molar-refractivity contribution in [3.8, 4) is 11.5 Å². The fourth-order valence-electron chi connectivity index (χ4n) is 3.96. The second-order valence-electron chi connectivity index (χ2n) is 8.24. The number of thioether (sulfide) groups is 1. The maximum Gasteiger partial charge on any atom is 0.233 e. The summed E-state index contributed by atoms with van der Waals surface area (Å²) < 4.78 is 2.62. The number of imidazole rings is 1. The Morgan fingerprint density at radius 3 is 2.63 bits per heavy atom. The Morgan fingerprint density at radius 1 is 1.20 bits per heavy atom. The van der Waals surface area contributed by atoms with Crippen molar-refractivity contribution in [1.82, 2.24) is 24.4 Å². The number of anilines is 1. The monoisotopic (exact) mass is 580 g/mol. The first-order valence-electron chi connectivity index (χ1n) is 11.0. The van der Waals surface area contributed by atoms with Crippen molar-refractivity contribution >= 4 is 67.5 Å². The van der Waals surface area contributed by atoms with Crippen LogP contribution in [0.2, 0.25) is 0 Å². The van der Waals surface area contributed by atoms with Crippen molar-refractivity contribution in [2.45, 2.75) is 42.8 Å². The van der Waals surface area contributed by atoms with E-state index in [2.05, 4.69) is 30.9 Å². The van der Waals surface area contributed by atoms with E-state index in [-0.39, 0.29) is 28.3 Å². The summed E-state index contributed by atoms with van der Waals surface area (Å²) in [5.41, 5.74) is 7.20. The quantitative estimate of drug-likeness (QED) is 0.353. The van der Waals surface area contributed by atoms with Gasteiger partial charge in [0.2, 0.25) is 5.91 Å². The van der Waals surface area contributed by atoms with Crippen LogP contribution in [0.5, 0.6) is 11.5 Å². The van der Waals surface area contributed by atoms with E-state index in [1.54, 1.807) is 0 Å². The number of aromatic hydroxyl groups is 2. The van der Waals surface area contributed by atoms with Crippen LogP contribution in [0, 0.1) is 5.92 Å². The predicted molar refractivity (Wildman–Crippen MR) is 138 cm³/mol. The minimum Gasteiger partial charge on any atom is -0.504 e. The summed E-state index contributed by atoms with van der Waals surface area (Å²) in [7, 11) is 0. The van der Waals surface area contributed by atoms with Crippen LogP contribution in [0.4, 0.5) is 5.82 Å². The number of aromatic nitrogens is 4. The highest BCUT2D eigenvalue weighted by atomic mass is 79.9. The number of benzene rings is 1. The molecule has 10 nitrogen and oxygen atoms in total. The molecule has 1 aromatic carbocycles. The number of carbonyl (C=O) groups excluding carboxylic acids is 2. The second kappa shape index (κ2) is 11.0. The molecule has 35 heavy (non-hydrogen) atoms. The molecule has 0 atom stereocenters. The second-order valence-corrected chi connectivity index (χ2v) is 11.3. The van der Waals surface area contributed by atoms with Crippen LogP contribution >= 0.6 is 39.5 Å². The molecule has 3 heterocycles. The standard InChI is InChI=1S/C22H25BrN6O4S2/c1-12(30)34-10-18(33)28-5-2-13(3-6-28)4-7-29-21-19(20(24)25-11-26-21)27-22(29)35-17-9-16(32)15(31)8-14(17)23/h8-9,11,13,31-32H,2-7,10H2,1H3,(H2,24,25,26). The fraction of sp³-hybridized carbons (Fsp3) is 0.409. The van der Waals surface area contributed by atoms with Gasteiger partial charge >= 0.3 is 0 Å². The summed E-state index contributed by atoms with van der Waals surface area (Å²) in [4.78, 5) is 39.1. The Bertz CT molecular complexity index is 1260. The van der Waals surface area contributed by atoms with Gasteiger partial charge in [0.25, 0.3) is 0 Å². The molecule has 0 saturated carbocycles. The van der Waals surface area contributed by atoms with Gasteiger partial charge in [-0.3, -0.25) is 9.59 Å². The molecule has 1 aliphatic rings. The summed E-state index contributed by atoms with van der Waals surface area (Å²) in [6.45, 7) is 3.49. The molecule has 4 N–H and O–H groups in total. The van der Waals surface area contributed by atoms with Gasteiger partial charge in [-0.15, -0.1) is 0 Å². The smallest absolute Gasteiger partial charge is 0.233 e. The molecule has 0 spiro atoms. The number of aryl methyl sites for hydroxylation is 1. The summed E-state index contributed by atoms with van der Waals surface area (Å²) in [6.07, 6.45) is 4.06. The number of nitrogen functional groups attached to an aromatic ring is 1. The lowest BCUT2D eigenvalue weighted by Crippen LogP contribution is -2.39. The Labute approximate surface area is 218 Å². The number of hydrogen-bond acceptors (Lipinski definition) is 10. The lowest BCUT2D eigenvalue weighted by molar-refractivity contribution is -0.129. The first kappa shape index (κ1) is 25.6. The van der Waals surface area contributed by atoms with Gasteiger partial charge in [-0.1, -0.05) is 23.5 Å². The molecule has 1 saturated heterocycles. The molecule has 13 heteroatoms. The lowest BCUT2D eigenvalue weighted by atomic mass is 9.93. The average molecular weight is 582 g/mol. The molecule has 0 bridgehead atoms. The van der Waals surface area contributed by atoms with Crippen LogP contribution in [-0.4, -0.2) is 64.5 Å². The molecule has 186 valence electrons. The Kier molecular flexibility index (Phi) is 8.07. The molecule has 1 fully saturated rings. The minimum absolute atomic E-state index is 0.0119. The number of hydrogen-bond donors (Lipinski definition) is 3. The molecule has 2 aromatic heterocycles. The molecule has 0 aliphatic carbocycles. The number of nitrogens with zero attached hydrogens (tertiary/aromatic N) is 5. The number of nitrogens with two attached hydrogens (primary N) is 1. The normalized spacial score (nSPS) is 14.5. The molecule has 0 radical (unpaired) electrons. The van der Waals surface area contributed by atoms with Crippen molar-refractivity contribution in [3.63, 3.8) is 0 Å². The third-order valence-corrected chi connectivity index (χ3v) is 8.65. The maximum atomic E-state index is 12.3. The highest BCUT2D eigenvalue weighted by Crippen LogP contribution is 2.40. The Hall–Kier alpha value is -2.51. The average Bonchev–Trinajstić information content (AvgIpc) is 3.18. The van der Waals surface area contributed by atoms with E-state index in [0.29, 0.717) is 57.1 Å². The summed E-state index contributed by atoms with van der Waals surface area (Å²) in [5, 5.41) is 20.3. The maximum absolute atomic E-state index is 12.3. The molecular formula is C22H25BrN6O4S2. The molecule has 1 amide bonds. The van der Waals surface area contributed by atoms with Gasteiger partial charge < -0.3 is 25.4 Å². The Morgan fingerprint density at radius 2 is 1.91 bits per heavy atom. The largest absolute Gasteiger partial charge is 0.504 e. The SMILES string of the molecule is CC(=O)SCC(=O)N1CCC(CCn2c(Sc3cc(O)c(O)cc3Br)nc3c(N)ncnc32)CC1. The minimum atomic E-state index is -0.222. The van der Waals surface area contributed by atoms with Gasteiger partial charge in [0.15, 0.2) is 38.8 Å². The lowest BCUT2D eigenvalue weighted by Gasteiger charge is -2.32. The number of rotatable bonds is 7. The number of halogens is 1. The number of likely N-dealkylation sites (tertiary alicyclic amines) is 1. The zero-order valence-electron chi connectivity index (χ0n) is 19.0. The van der Waals surface area contributed by atoms with Gasteiger partial charge in [0.05, 0.1) is 5.75 Å². The molecule has 4 rings (SSSR count). The molecular weight excluding hydrogens is 556 g/mol. The number of phenolic OH excluding ortho intramolecular Hbond substituents is 2. The van der Waals surface area contributed by atoms with E-state index in [1.807, 2.05) is 9.47 Å². The number of piperidine rings is 1. The zero-order valence-corrected chi connectivity index (χ0v) is 22.2. The topological polar surface area (TPSA) is 147 Å². The number of amides is 1. The van der Waals surface area contributed by atoms with Crippen molar-refractivity contribution in [1.29, 1.82) is 0 Å². The van der Waals surface area contributed by atoms with Crippen molar-refractivity contribution < 1.29 is 19.8 Å².